The molecule has 0 unspecified atom stereocenters. The van der Waals surface area contributed by atoms with E-state index in [1.807, 2.05) is 42.5 Å². The zero-order valence-corrected chi connectivity index (χ0v) is 17.1. The topological polar surface area (TPSA) is 69.6 Å². The van der Waals surface area contributed by atoms with Crippen LogP contribution in [0.25, 0.3) is 11.1 Å². The van der Waals surface area contributed by atoms with Crippen LogP contribution in [0.1, 0.15) is 28.0 Å². The standard InChI is InChI=1S/C24H24N2O4/c1-29-18-11-10-17(21(13-18)30-2)15-25-24(28)23-19(16-7-4-3-5-8-16)14-22(27)26-12-6-9-20(23)26/h3-5,7-8,10-11,13-14H,6,9,12,15H2,1-2H3,(H,25,28). The number of nitrogens with one attached hydrogen (secondary N) is 1. The highest BCUT2D eigenvalue weighted by Crippen LogP contribution is 2.29. The summed E-state index contributed by atoms with van der Waals surface area (Å²) in [6, 6.07) is 16.6. The number of aromatic nitrogens is 1. The van der Waals surface area contributed by atoms with E-state index < -0.39 is 0 Å². The van der Waals surface area contributed by atoms with Crippen LogP contribution in [0.15, 0.2) is 59.4 Å². The number of benzene rings is 2. The Morgan fingerprint density at radius 1 is 1.07 bits per heavy atom. The van der Waals surface area contributed by atoms with Crippen molar-refractivity contribution >= 4 is 5.91 Å². The first-order valence-electron chi connectivity index (χ1n) is 9.93. The van der Waals surface area contributed by atoms with E-state index in [2.05, 4.69) is 5.32 Å². The Balaban J connectivity index is 1.69. The van der Waals surface area contributed by atoms with Crippen molar-refractivity contribution in [1.29, 1.82) is 0 Å². The average molecular weight is 404 g/mol. The molecule has 0 spiro atoms. The van der Waals surface area contributed by atoms with E-state index in [0.29, 0.717) is 42.1 Å². The van der Waals surface area contributed by atoms with Gasteiger partial charge in [0.2, 0.25) is 0 Å². The SMILES string of the molecule is COc1ccc(CNC(=O)c2c(-c3ccccc3)cc(=O)n3c2CCC3)c(OC)c1. The zero-order valence-electron chi connectivity index (χ0n) is 17.1. The number of methoxy groups -OCH3 is 2. The predicted molar refractivity (Wildman–Crippen MR) is 115 cm³/mol. The average Bonchev–Trinajstić information content (AvgIpc) is 3.28. The minimum Gasteiger partial charge on any atom is -0.497 e. The van der Waals surface area contributed by atoms with Crippen molar-refractivity contribution in [3.8, 4) is 22.6 Å². The van der Waals surface area contributed by atoms with Gasteiger partial charge in [0.25, 0.3) is 11.5 Å². The molecule has 4 rings (SSSR count). The first kappa shape index (κ1) is 19.8. The molecule has 30 heavy (non-hydrogen) atoms. The van der Waals surface area contributed by atoms with E-state index in [4.69, 9.17) is 9.47 Å². The number of hydrogen-bond acceptors (Lipinski definition) is 4. The van der Waals surface area contributed by atoms with E-state index in [0.717, 1.165) is 23.2 Å². The monoisotopic (exact) mass is 404 g/mol. The summed E-state index contributed by atoms with van der Waals surface area (Å²) in [5, 5.41) is 3.01. The molecule has 2 aromatic carbocycles. The Morgan fingerprint density at radius 3 is 2.60 bits per heavy atom. The highest BCUT2D eigenvalue weighted by molar-refractivity contribution is 6.02. The van der Waals surface area contributed by atoms with E-state index in [-0.39, 0.29) is 11.5 Å². The van der Waals surface area contributed by atoms with Gasteiger partial charge in [-0.1, -0.05) is 30.3 Å². The second kappa shape index (κ2) is 8.45. The lowest BCUT2D eigenvalue weighted by atomic mass is 9.97. The lowest BCUT2D eigenvalue weighted by molar-refractivity contribution is 0.0949. The largest absolute Gasteiger partial charge is 0.497 e. The van der Waals surface area contributed by atoms with Gasteiger partial charge in [-0.3, -0.25) is 9.59 Å². The Kier molecular flexibility index (Phi) is 5.57. The molecule has 154 valence electrons. The van der Waals surface area contributed by atoms with E-state index in [1.54, 1.807) is 30.9 Å². The van der Waals surface area contributed by atoms with Gasteiger partial charge in [-0.15, -0.1) is 0 Å². The second-order valence-corrected chi connectivity index (χ2v) is 7.20. The van der Waals surface area contributed by atoms with Crippen molar-refractivity contribution in [1.82, 2.24) is 9.88 Å². The van der Waals surface area contributed by atoms with Crippen molar-refractivity contribution < 1.29 is 14.3 Å². The number of nitrogens with zero attached hydrogens (tertiary/aromatic N) is 1. The molecule has 2 heterocycles. The highest BCUT2D eigenvalue weighted by atomic mass is 16.5. The summed E-state index contributed by atoms with van der Waals surface area (Å²) in [6.07, 6.45) is 1.57. The molecule has 1 amide bonds. The maximum atomic E-state index is 13.3. The molecular weight excluding hydrogens is 380 g/mol. The number of rotatable bonds is 6. The van der Waals surface area contributed by atoms with E-state index in [9.17, 15) is 9.59 Å². The normalized spacial score (nSPS) is 12.3. The molecule has 1 aliphatic heterocycles. The fourth-order valence-electron chi connectivity index (χ4n) is 3.97. The minimum absolute atomic E-state index is 0.0604. The second-order valence-electron chi connectivity index (χ2n) is 7.20. The van der Waals surface area contributed by atoms with Crippen molar-refractivity contribution in [3.05, 3.63) is 81.8 Å². The third kappa shape index (κ3) is 3.68. The summed E-state index contributed by atoms with van der Waals surface area (Å²) >= 11 is 0. The summed E-state index contributed by atoms with van der Waals surface area (Å²) < 4.78 is 12.4. The smallest absolute Gasteiger partial charge is 0.253 e. The molecule has 6 heteroatoms. The van der Waals surface area contributed by atoms with Crippen molar-refractivity contribution in [2.24, 2.45) is 0 Å². The number of amides is 1. The van der Waals surface area contributed by atoms with Gasteiger partial charge in [0, 0.05) is 42.0 Å². The number of fused-ring (bicyclic) bond motifs is 1. The molecule has 0 fully saturated rings. The van der Waals surface area contributed by atoms with Crippen LogP contribution in [0.2, 0.25) is 0 Å². The third-order valence-corrected chi connectivity index (χ3v) is 5.46. The van der Waals surface area contributed by atoms with Crippen molar-refractivity contribution in [3.63, 3.8) is 0 Å². The molecule has 0 bridgehead atoms. The Morgan fingerprint density at radius 2 is 1.87 bits per heavy atom. The number of carbonyl (C=O) groups is 1. The summed E-state index contributed by atoms with van der Waals surface area (Å²) in [6.45, 7) is 0.953. The van der Waals surface area contributed by atoms with Gasteiger partial charge in [-0.25, -0.2) is 0 Å². The van der Waals surface area contributed by atoms with Crippen LogP contribution in [0.5, 0.6) is 11.5 Å². The van der Waals surface area contributed by atoms with Crippen LogP contribution < -0.4 is 20.3 Å². The lowest BCUT2D eigenvalue weighted by Crippen LogP contribution is -2.29. The van der Waals surface area contributed by atoms with Gasteiger partial charge in [0.15, 0.2) is 0 Å². The van der Waals surface area contributed by atoms with Crippen LogP contribution in [0, 0.1) is 0 Å². The molecule has 6 nitrogen and oxygen atoms in total. The maximum absolute atomic E-state index is 13.3. The molecular formula is C24H24N2O4. The first-order chi connectivity index (χ1) is 14.6. The minimum atomic E-state index is -0.197. The predicted octanol–water partition coefficient (Wildman–Crippen LogP) is 3.41. The molecule has 1 aliphatic rings. The molecule has 1 N–H and O–H groups in total. The van der Waals surface area contributed by atoms with Crippen LogP contribution in [-0.4, -0.2) is 24.7 Å². The highest BCUT2D eigenvalue weighted by Gasteiger charge is 2.25. The van der Waals surface area contributed by atoms with Crippen molar-refractivity contribution in [2.75, 3.05) is 14.2 Å². The summed E-state index contributed by atoms with van der Waals surface area (Å²) in [5.74, 6) is 1.14. The molecule has 3 aromatic rings. The van der Waals surface area contributed by atoms with E-state index >= 15 is 0 Å². The molecule has 0 aliphatic carbocycles. The van der Waals surface area contributed by atoms with Crippen LogP contribution >= 0.6 is 0 Å². The molecule has 0 radical (unpaired) electrons. The third-order valence-electron chi connectivity index (χ3n) is 5.46. The van der Waals surface area contributed by atoms with Gasteiger partial charge >= 0.3 is 0 Å². The summed E-state index contributed by atoms with van der Waals surface area (Å²) in [4.78, 5) is 25.9. The van der Waals surface area contributed by atoms with E-state index in [1.165, 1.54) is 0 Å². The Bertz CT molecular complexity index is 1140. The number of carbonyl (C=O) groups excluding carboxylic acids is 1. The quantitative estimate of drug-likeness (QED) is 0.684. The molecule has 0 atom stereocenters. The fraction of sp³-hybridized carbons (Fsp3) is 0.250. The van der Waals surface area contributed by atoms with Gasteiger partial charge in [-0.2, -0.15) is 0 Å². The maximum Gasteiger partial charge on any atom is 0.253 e. The molecule has 0 saturated heterocycles. The molecule has 0 saturated carbocycles. The Labute approximate surface area is 175 Å². The van der Waals surface area contributed by atoms with Crippen molar-refractivity contribution in [2.45, 2.75) is 25.9 Å². The number of hydrogen-bond donors (Lipinski definition) is 1. The van der Waals surface area contributed by atoms with Gasteiger partial charge < -0.3 is 19.4 Å². The summed E-state index contributed by atoms with van der Waals surface area (Å²) in [5.41, 5.74) is 3.70. The van der Waals surface area contributed by atoms with Crippen LogP contribution in [0.4, 0.5) is 0 Å². The van der Waals surface area contributed by atoms with Crippen LogP contribution in [-0.2, 0) is 19.5 Å². The summed E-state index contributed by atoms with van der Waals surface area (Å²) in [7, 11) is 3.18. The number of pyridine rings is 1. The Hall–Kier alpha value is -3.54. The lowest BCUT2D eigenvalue weighted by Gasteiger charge is -2.16. The van der Waals surface area contributed by atoms with Gasteiger partial charge in [0.1, 0.15) is 11.5 Å². The zero-order chi connectivity index (χ0) is 21.1. The number of ether oxygens (including phenoxy) is 2. The van der Waals surface area contributed by atoms with Crippen LogP contribution in [0.3, 0.4) is 0 Å². The first-order valence-corrected chi connectivity index (χ1v) is 9.93. The fourth-order valence-corrected chi connectivity index (χ4v) is 3.97. The van der Waals surface area contributed by atoms with Gasteiger partial charge in [0.05, 0.1) is 19.8 Å². The molecule has 1 aromatic heterocycles. The van der Waals surface area contributed by atoms with Gasteiger partial charge in [-0.05, 0) is 30.5 Å².